The molecule has 0 saturated heterocycles. The molecule has 0 unspecified atom stereocenters. The smallest absolute Gasteiger partial charge is 0.164 e. The minimum absolute atomic E-state index is 0.664. The van der Waals surface area contributed by atoms with Gasteiger partial charge < -0.3 is 0 Å². The first-order valence-electron chi connectivity index (χ1n) is 14.4. The van der Waals surface area contributed by atoms with Gasteiger partial charge in [-0.15, -0.1) is 11.3 Å². The molecule has 0 N–H and O–H groups in total. The number of nitrogens with zero attached hydrogens (tertiary/aromatic N) is 3. The Morgan fingerprint density at radius 3 is 1.88 bits per heavy atom. The fraction of sp³-hybridized carbons (Fsp3) is 0. The van der Waals surface area contributed by atoms with Gasteiger partial charge in [-0.3, -0.25) is 0 Å². The van der Waals surface area contributed by atoms with Crippen molar-refractivity contribution in [1.82, 2.24) is 15.0 Å². The van der Waals surface area contributed by atoms with Gasteiger partial charge in [0.1, 0.15) is 0 Å². The predicted molar refractivity (Wildman–Crippen MR) is 182 cm³/mol. The molecule has 200 valence electrons. The van der Waals surface area contributed by atoms with Crippen LogP contribution in [-0.2, 0) is 0 Å². The van der Waals surface area contributed by atoms with E-state index in [0.717, 1.165) is 27.5 Å². The molecule has 9 aromatic rings. The van der Waals surface area contributed by atoms with E-state index < -0.39 is 0 Å². The van der Waals surface area contributed by atoms with Crippen LogP contribution in [0.1, 0.15) is 0 Å². The van der Waals surface area contributed by atoms with Crippen LogP contribution in [0, 0.1) is 0 Å². The molecular formula is C39H23N3S. The highest BCUT2D eigenvalue weighted by Crippen LogP contribution is 2.42. The van der Waals surface area contributed by atoms with E-state index in [1.165, 1.54) is 41.7 Å². The first-order chi connectivity index (χ1) is 21.3. The summed E-state index contributed by atoms with van der Waals surface area (Å²) in [6.45, 7) is 0. The molecule has 9 rings (SSSR count). The van der Waals surface area contributed by atoms with E-state index in [4.69, 9.17) is 15.0 Å². The highest BCUT2D eigenvalue weighted by atomic mass is 32.1. The quantitative estimate of drug-likeness (QED) is 0.200. The van der Waals surface area contributed by atoms with Crippen molar-refractivity contribution in [3.63, 3.8) is 0 Å². The maximum absolute atomic E-state index is 5.26. The molecule has 0 aliphatic heterocycles. The molecule has 4 heteroatoms. The van der Waals surface area contributed by atoms with Gasteiger partial charge >= 0.3 is 0 Å². The first kappa shape index (κ1) is 24.2. The molecule has 0 aliphatic carbocycles. The number of benzene rings is 7. The Kier molecular flexibility index (Phi) is 5.37. The lowest BCUT2D eigenvalue weighted by atomic mass is 9.96. The third-order valence-corrected chi connectivity index (χ3v) is 9.44. The molecule has 0 saturated carbocycles. The van der Waals surface area contributed by atoms with Crippen LogP contribution in [0.2, 0.25) is 0 Å². The van der Waals surface area contributed by atoms with Crippen molar-refractivity contribution in [2.75, 3.05) is 0 Å². The molecule has 7 aromatic carbocycles. The average Bonchev–Trinajstić information content (AvgIpc) is 3.47. The van der Waals surface area contributed by atoms with Crippen LogP contribution >= 0.6 is 11.3 Å². The molecule has 3 nitrogen and oxygen atoms in total. The minimum atomic E-state index is 0.664. The van der Waals surface area contributed by atoms with Gasteiger partial charge in [0.2, 0.25) is 0 Å². The Hall–Kier alpha value is -5.45. The van der Waals surface area contributed by atoms with Crippen LogP contribution in [0.4, 0.5) is 0 Å². The summed E-state index contributed by atoms with van der Waals surface area (Å²) in [5.74, 6) is 2.01. The second-order valence-corrected chi connectivity index (χ2v) is 11.9. The summed E-state index contributed by atoms with van der Waals surface area (Å²) in [7, 11) is 0. The number of thiophene rings is 1. The highest BCUT2D eigenvalue weighted by molar-refractivity contribution is 7.26. The molecule has 0 amide bonds. The molecule has 43 heavy (non-hydrogen) atoms. The van der Waals surface area contributed by atoms with Gasteiger partial charge in [0.25, 0.3) is 0 Å². The summed E-state index contributed by atoms with van der Waals surface area (Å²) >= 11 is 1.83. The topological polar surface area (TPSA) is 38.7 Å². The van der Waals surface area contributed by atoms with Crippen molar-refractivity contribution in [3.8, 4) is 34.2 Å². The predicted octanol–water partition coefficient (Wildman–Crippen LogP) is 10.7. The number of rotatable bonds is 3. The summed E-state index contributed by atoms with van der Waals surface area (Å²) in [5.41, 5.74) is 2.97. The van der Waals surface area contributed by atoms with Crippen molar-refractivity contribution in [2.24, 2.45) is 0 Å². The number of hydrogen-bond donors (Lipinski definition) is 0. The zero-order chi connectivity index (χ0) is 28.3. The summed E-state index contributed by atoms with van der Waals surface area (Å²) in [5, 5.41) is 9.57. The van der Waals surface area contributed by atoms with Gasteiger partial charge in [-0.05, 0) is 45.1 Å². The van der Waals surface area contributed by atoms with Crippen LogP contribution in [0.3, 0.4) is 0 Å². The lowest BCUT2D eigenvalue weighted by Gasteiger charge is -2.13. The summed E-state index contributed by atoms with van der Waals surface area (Å²) in [6, 6.07) is 49.0. The SMILES string of the molecule is c1ccc(-c2nc(-c3cc4ccccc4c4ccccc34)nc(-c3cccc4ccc5sc6ccccc6c5c34)n2)cc1. The maximum atomic E-state index is 5.26. The molecule has 0 aliphatic rings. The second kappa shape index (κ2) is 9.55. The molecule has 0 spiro atoms. The zero-order valence-corrected chi connectivity index (χ0v) is 23.8. The van der Waals surface area contributed by atoms with Crippen LogP contribution in [0.15, 0.2) is 140 Å². The van der Waals surface area contributed by atoms with E-state index in [-0.39, 0.29) is 0 Å². The van der Waals surface area contributed by atoms with E-state index >= 15 is 0 Å². The van der Waals surface area contributed by atoms with Crippen molar-refractivity contribution in [1.29, 1.82) is 0 Å². The average molecular weight is 566 g/mol. The fourth-order valence-electron chi connectivity index (χ4n) is 6.35. The van der Waals surface area contributed by atoms with Gasteiger partial charge in [-0.25, -0.2) is 15.0 Å². The summed E-state index contributed by atoms with van der Waals surface area (Å²) < 4.78 is 2.54. The maximum Gasteiger partial charge on any atom is 0.164 e. The van der Waals surface area contributed by atoms with Crippen LogP contribution in [0.25, 0.3) is 86.7 Å². The molecule has 0 fully saturated rings. The van der Waals surface area contributed by atoms with Crippen molar-refractivity contribution >= 4 is 63.8 Å². The summed E-state index contributed by atoms with van der Waals surface area (Å²) in [6.07, 6.45) is 0. The van der Waals surface area contributed by atoms with Crippen molar-refractivity contribution in [2.45, 2.75) is 0 Å². The van der Waals surface area contributed by atoms with E-state index in [0.29, 0.717) is 17.5 Å². The largest absolute Gasteiger partial charge is 0.208 e. The van der Waals surface area contributed by atoms with Gasteiger partial charge in [-0.1, -0.05) is 121 Å². The zero-order valence-electron chi connectivity index (χ0n) is 23.0. The number of hydrogen-bond acceptors (Lipinski definition) is 4. The molecule has 2 heterocycles. The Bertz CT molecular complexity index is 2510. The molecule has 0 atom stereocenters. The lowest BCUT2D eigenvalue weighted by Crippen LogP contribution is -2.01. The van der Waals surface area contributed by atoms with Gasteiger partial charge in [0.15, 0.2) is 17.5 Å². The Morgan fingerprint density at radius 2 is 1.02 bits per heavy atom. The molecule has 0 radical (unpaired) electrons. The number of aromatic nitrogens is 3. The number of fused-ring (bicyclic) bond motifs is 8. The Balaban J connectivity index is 1.39. The molecule has 2 aromatic heterocycles. The minimum Gasteiger partial charge on any atom is -0.208 e. The van der Waals surface area contributed by atoms with Gasteiger partial charge in [0.05, 0.1) is 0 Å². The van der Waals surface area contributed by atoms with E-state index in [2.05, 4.69) is 121 Å². The van der Waals surface area contributed by atoms with E-state index in [9.17, 15) is 0 Å². The van der Waals surface area contributed by atoms with Crippen molar-refractivity contribution < 1.29 is 0 Å². The van der Waals surface area contributed by atoms with Crippen LogP contribution in [-0.4, -0.2) is 15.0 Å². The Labute approximate surface area is 251 Å². The van der Waals surface area contributed by atoms with E-state index in [1.807, 2.05) is 29.5 Å². The van der Waals surface area contributed by atoms with Gasteiger partial charge in [0, 0.05) is 42.2 Å². The molecule has 0 bridgehead atoms. The lowest BCUT2D eigenvalue weighted by molar-refractivity contribution is 1.08. The van der Waals surface area contributed by atoms with Crippen LogP contribution in [0.5, 0.6) is 0 Å². The normalized spacial score (nSPS) is 11.7. The monoisotopic (exact) mass is 565 g/mol. The highest BCUT2D eigenvalue weighted by Gasteiger charge is 2.19. The third kappa shape index (κ3) is 3.84. The first-order valence-corrected chi connectivity index (χ1v) is 15.2. The summed E-state index contributed by atoms with van der Waals surface area (Å²) in [4.78, 5) is 15.5. The van der Waals surface area contributed by atoms with Gasteiger partial charge in [-0.2, -0.15) is 0 Å². The second-order valence-electron chi connectivity index (χ2n) is 10.8. The Morgan fingerprint density at radius 1 is 0.372 bits per heavy atom. The van der Waals surface area contributed by atoms with Crippen LogP contribution < -0.4 is 0 Å². The fourth-order valence-corrected chi connectivity index (χ4v) is 7.47. The standard InChI is InChI=1S/C39H23N3S/c1-2-11-25(12-3-1)37-40-38(31-19-10-14-24-21-22-34-36(35(24)31)30-18-8-9-20-33(30)43-34)42-39(41-37)32-23-26-13-4-5-15-27(26)28-16-6-7-17-29(28)32/h1-23H. The van der Waals surface area contributed by atoms with Crippen molar-refractivity contribution in [3.05, 3.63) is 140 Å². The van der Waals surface area contributed by atoms with E-state index in [1.54, 1.807) is 0 Å². The third-order valence-electron chi connectivity index (χ3n) is 8.30. The molecular weight excluding hydrogens is 543 g/mol.